The van der Waals surface area contributed by atoms with Crippen molar-refractivity contribution in [3.8, 4) is 0 Å². The maximum atomic E-state index is 12.2. The van der Waals surface area contributed by atoms with Gasteiger partial charge in [-0.25, -0.2) is 4.98 Å². The van der Waals surface area contributed by atoms with Gasteiger partial charge in [0.15, 0.2) is 5.16 Å². The van der Waals surface area contributed by atoms with E-state index in [2.05, 4.69) is 15.3 Å². The Bertz CT molecular complexity index is 762. The zero-order valence-electron chi connectivity index (χ0n) is 12.7. The van der Waals surface area contributed by atoms with Gasteiger partial charge in [0.2, 0.25) is 5.91 Å². The first-order valence-electron chi connectivity index (χ1n) is 7.31. The van der Waals surface area contributed by atoms with Gasteiger partial charge in [-0.3, -0.25) is 9.59 Å². The van der Waals surface area contributed by atoms with Crippen LogP contribution in [0.25, 0.3) is 0 Å². The van der Waals surface area contributed by atoms with Crippen molar-refractivity contribution in [2.24, 2.45) is 0 Å². The molecule has 3 rings (SSSR count). The maximum Gasteiger partial charge on any atom is 0.255 e. The molecular weight excluding hydrogens is 330 g/mol. The van der Waals surface area contributed by atoms with Crippen LogP contribution in [0, 0.1) is 0 Å². The Balaban J connectivity index is 1.60. The van der Waals surface area contributed by atoms with Gasteiger partial charge in [0.05, 0.1) is 10.9 Å². The third-order valence-electron chi connectivity index (χ3n) is 3.53. The Hall–Kier alpha value is -1.73. The van der Waals surface area contributed by atoms with Crippen LogP contribution in [0.5, 0.6) is 0 Å². The van der Waals surface area contributed by atoms with Gasteiger partial charge in [-0.05, 0) is 12.5 Å². The average molecular weight is 347 g/mol. The third kappa shape index (κ3) is 3.97. The number of carbonyl (C=O) groups is 1. The maximum absolute atomic E-state index is 12.2. The summed E-state index contributed by atoms with van der Waals surface area (Å²) in [7, 11) is 0. The summed E-state index contributed by atoms with van der Waals surface area (Å²) in [5.74, 6) is 1.41. The Morgan fingerprint density at radius 1 is 1.39 bits per heavy atom. The van der Waals surface area contributed by atoms with Gasteiger partial charge >= 0.3 is 0 Å². The highest BCUT2D eigenvalue weighted by Crippen LogP contribution is 2.27. The van der Waals surface area contributed by atoms with Gasteiger partial charge in [-0.1, -0.05) is 42.1 Å². The number of thioether (sulfide) groups is 2. The lowest BCUT2D eigenvalue weighted by atomic mass is 10.2. The molecule has 120 valence electrons. The molecule has 1 aromatic heterocycles. The Morgan fingerprint density at radius 3 is 2.96 bits per heavy atom. The number of aromatic nitrogens is 2. The summed E-state index contributed by atoms with van der Waals surface area (Å²) in [5, 5.41) is 3.09. The highest BCUT2D eigenvalue weighted by molar-refractivity contribution is 8.00. The first kappa shape index (κ1) is 16.1. The van der Waals surface area contributed by atoms with Crippen molar-refractivity contribution in [2.75, 3.05) is 0 Å². The van der Waals surface area contributed by atoms with Crippen LogP contribution in [0.2, 0.25) is 0 Å². The zero-order valence-corrected chi connectivity index (χ0v) is 14.3. The van der Waals surface area contributed by atoms with Crippen LogP contribution in [-0.2, 0) is 22.8 Å². The lowest BCUT2D eigenvalue weighted by molar-refractivity contribution is -0.120. The van der Waals surface area contributed by atoms with Crippen LogP contribution in [-0.4, -0.2) is 21.1 Å². The first-order chi connectivity index (χ1) is 11.1. The molecule has 0 bridgehead atoms. The van der Waals surface area contributed by atoms with Crippen LogP contribution < -0.4 is 10.9 Å². The number of aromatic amines is 1. The van der Waals surface area contributed by atoms with Gasteiger partial charge in [0.1, 0.15) is 0 Å². The fourth-order valence-electron chi connectivity index (χ4n) is 2.25. The summed E-state index contributed by atoms with van der Waals surface area (Å²) >= 11 is 2.96. The lowest BCUT2D eigenvalue weighted by Gasteiger charge is -2.12. The molecule has 1 amide bonds. The second-order valence-electron chi connectivity index (χ2n) is 5.25. The third-order valence-corrected chi connectivity index (χ3v) is 5.49. The minimum absolute atomic E-state index is 0.0728. The van der Waals surface area contributed by atoms with Crippen molar-refractivity contribution < 1.29 is 4.79 Å². The molecule has 0 fully saturated rings. The van der Waals surface area contributed by atoms with E-state index >= 15 is 0 Å². The van der Waals surface area contributed by atoms with Crippen LogP contribution in [0.15, 0.2) is 40.3 Å². The molecule has 5 nitrogen and oxygen atoms in total. The second-order valence-corrected chi connectivity index (χ2v) is 7.57. The van der Waals surface area contributed by atoms with Crippen LogP contribution in [0.1, 0.15) is 23.7 Å². The zero-order chi connectivity index (χ0) is 16.2. The Morgan fingerprint density at radius 2 is 2.17 bits per heavy atom. The number of fused-ring (bicyclic) bond motifs is 1. The molecule has 1 aromatic carbocycles. The van der Waals surface area contributed by atoms with Crippen LogP contribution >= 0.6 is 23.5 Å². The highest BCUT2D eigenvalue weighted by Gasteiger charge is 2.20. The van der Waals surface area contributed by atoms with Crippen LogP contribution in [0.4, 0.5) is 0 Å². The minimum Gasteiger partial charge on any atom is -0.351 e. The van der Waals surface area contributed by atoms with Crippen molar-refractivity contribution >= 4 is 29.4 Å². The molecule has 0 radical (unpaired) electrons. The van der Waals surface area contributed by atoms with E-state index in [1.807, 2.05) is 37.3 Å². The van der Waals surface area contributed by atoms with Crippen molar-refractivity contribution in [1.82, 2.24) is 15.3 Å². The summed E-state index contributed by atoms with van der Waals surface area (Å²) in [5.41, 5.74) is 2.58. The first-order valence-corrected chi connectivity index (χ1v) is 9.35. The molecule has 2 heterocycles. The molecular formula is C16H17N3O2S2. The van der Waals surface area contributed by atoms with Crippen molar-refractivity contribution in [3.63, 3.8) is 0 Å². The van der Waals surface area contributed by atoms with E-state index < -0.39 is 0 Å². The molecule has 1 aliphatic heterocycles. The monoisotopic (exact) mass is 347 g/mol. The number of carbonyl (C=O) groups excluding carboxylic acids is 1. The molecule has 0 saturated heterocycles. The number of H-pyrrole nitrogens is 1. The number of nitrogens with zero attached hydrogens (tertiary/aromatic N) is 1. The van der Waals surface area contributed by atoms with E-state index in [9.17, 15) is 9.59 Å². The second kappa shape index (κ2) is 7.23. The topological polar surface area (TPSA) is 74.8 Å². The van der Waals surface area contributed by atoms with Crippen molar-refractivity contribution in [3.05, 3.63) is 57.5 Å². The molecule has 0 spiro atoms. The molecule has 1 atom stereocenters. The summed E-state index contributed by atoms with van der Waals surface area (Å²) in [4.78, 5) is 31.4. The van der Waals surface area contributed by atoms with Crippen LogP contribution in [0.3, 0.4) is 0 Å². The molecule has 1 unspecified atom stereocenters. The Labute approximate surface area is 142 Å². The molecule has 0 aliphatic carbocycles. The van der Waals surface area contributed by atoms with Gasteiger partial charge < -0.3 is 10.3 Å². The number of hydrogen-bond acceptors (Lipinski definition) is 5. The number of rotatable bonds is 5. The molecule has 0 saturated carbocycles. The van der Waals surface area contributed by atoms with Crippen molar-refractivity contribution in [1.29, 1.82) is 0 Å². The largest absolute Gasteiger partial charge is 0.351 e. The molecule has 2 aromatic rings. The van der Waals surface area contributed by atoms with Gasteiger partial charge in [0.25, 0.3) is 5.56 Å². The molecule has 2 N–H and O–H groups in total. The van der Waals surface area contributed by atoms with E-state index in [-0.39, 0.29) is 16.7 Å². The number of amides is 1. The van der Waals surface area contributed by atoms with E-state index in [0.29, 0.717) is 11.7 Å². The molecule has 23 heavy (non-hydrogen) atoms. The standard InChI is InChI=1S/C16H17N3O2S2/c1-10(14(20)17-7-11-5-3-2-4-6-11)23-16-18-13-9-22-8-12(13)15(21)19-16/h2-6,10H,7-9H2,1H3,(H,17,20)(H,18,19,21). The predicted octanol–water partition coefficient (Wildman–Crippen LogP) is 2.31. The molecule has 1 aliphatic rings. The normalized spacial score (nSPS) is 14.3. The smallest absolute Gasteiger partial charge is 0.255 e. The summed E-state index contributed by atoms with van der Waals surface area (Å²) < 4.78 is 0. The SMILES string of the molecule is CC(Sc1nc2c(c(=O)[nH]1)CSC2)C(=O)NCc1ccccc1. The number of hydrogen-bond donors (Lipinski definition) is 2. The van der Waals surface area contributed by atoms with E-state index in [0.717, 1.165) is 28.3 Å². The number of benzene rings is 1. The van der Waals surface area contributed by atoms with Gasteiger partial charge in [0, 0.05) is 23.6 Å². The fraction of sp³-hybridized carbons (Fsp3) is 0.312. The quantitative estimate of drug-likeness (QED) is 0.641. The van der Waals surface area contributed by atoms with Gasteiger partial charge in [-0.2, -0.15) is 11.8 Å². The van der Waals surface area contributed by atoms with Gasteiger partial charge in [-0.15, -0.1) is 0 Å². The highest BCUT2D eigenvalue weighted by atomic mass is 32.2. The lowest BCUT2D eigenvalue weighted by Crippen LogP contribution is -2.30. The van der Waals surface area contributed by atoms with Crippen molar-refractivity contribution in [2.45, 2.75) is 35.4 Å². The summed E-state index contributed by atoms with van der Waals surface area (Å²) in [6.07, 6.45) is 0. The molecule has 7 heteroatoms. The fourth-order valence-corrected chi connectivity index (χ4v) is 4.12. The Kier molecular flexibility index (Phi) is 5.07. The minimum atomic E-state index is -0.325. The predicted molar refractivity (Wildman–Crippen MR) is 93.5 cm³/mol. The van der Waals surface area contributed by atoms with E-state index in [4.69, 9.17) is 0 Å². The average Bonchev–Trinajstić information content (AvgIpc) is 3.02. The van der Waals surface area contributed by atoms with E-state index in [1.54, 1.807) is 11.8 Å². The van der Waals surface area contributed by atoms with E-state index in [1.165, 1.54) is 11.8 Å². The summed E-state index contributed by atoms with van der Waals surface area (Å²) in [6.45, 7) is 2.31. The number of nitrogens with one attached hydrogen (secondary N) is 2. The summed E-state index contributed by atoms with van der Waals surface area (Å²) in [6, 6.07) is 9.76.